The van der Waals surface area contributed by atoms with Crippen molar-refractivity contribution in [3.8, 4) is 0 Å². The molecule has 1 atom stereocenters. The van der Waals surface area contributed by atoms with Gasteiger partial charge in [0.25, 0.3) is 5.56 Å². The highest BCUT2D eigenvalue weighted by Gasteiger charge is 2.31. The molecule has 1 saturated carbocycles. The first-order valence-corrected chi connectivity index (χ1v) is 12.4. The summed E-state index contributed by atoms with van der Waals surface area (Å²) in [6.45, 7) is 5.93. The number of fused-ring (bicyclic) bond motifs is 1. The van der Waals surface area contributed by atoms with Crippen LogP contribution in [0.5, 0.6) is 0 Å². The minimum absolute atomic E-state index is 0.0265. The van der Waals surface area contributed by atoms with Crippen LogP contribution in [0.25, 0.3) is 10.9 Å². The Morgan fingerprint density at radius 1 is 1.24 bits per heavy atom. The minimum atomic E-state index is -0.252. The first kappa shape index (κ1) is 22.7. The number of aromatic amines is 1. The molecule has 8 nitrogen and oxygen atoms in total. The Bertz CT molecular complexity index is 1240. The molecule has 1 saturated heterocycles. The van der Waals surface area contributed by atoms with Gasteiger partial charge in [0.2, 0.25) is 5.91 Å². The van der Waals surface area contributed by atoms with Gasteiger partial charge in [-0.05, 0) is 62.3 Å². The molecule has 1 amide bonds. The standard InChI is InChI=1S/C26H34N6O2/c1-17-12-27-23-8-7-20(11-22(17)23)14-28-24(33)15-32-18(2)13-29-25(26(32)34)30-16-31-9-3-4-21(31)10-19-5-6-19/h7-8,11-13,19,21,27H,3-6,9-10,14-16H2,1-2H3,(H,28,33)(H,29,30)/t21-/m1/s1. The quantitative estimate of drug-likeness (QED) is 0.454. The number of carbonyl (C=O) groups is 1. The lowest BCUT2D eigenvalue weighted by Crippen LogP contribution is -2.38. The van der Waals surface area contributed by atoms with Gasteiger partial charge in [-0.3, -0.25) is 19.1 Å². The summed E-state index contributed by atoms with van der Waals surface area (Å²) < 4.78 is 1.50. The van der Waals surface area contributed by atoms with E-state index in [1.165, 1.54) is 42.2 Å². The molecule has 0 unspecified atom stereocenters. The fourth-order valence-electron chi connectivity index (χ4n) is 4.99. The summed E-state index contributed by atoms with van der Waals surface area (Å²) in [5.74, 6) is 1.01. The number of H-pyrrole nitrogens is 1. The van der Waals surface area contributed by atoms with E-state index in [1.807, 2.05) is 18.3 Å². The Labute approximate surface area is 199 Å². The number of amides is 1. The van der Waals surface area contributed by atoms with Crippen molar-refractivity contribution < 1.29 is 4.79 Å². The van der Waals surface area contributed by atoms with Crippen LogP contribution in [0, 0.1) is 19.8 Å². The van der Waals surface area contributed by atoms with E-state index in [0.29, 0.717) is 30.8 Å². The highest BCUT2D eigenvalue weighted by Crippen LogP contribution is 2.37. The Kier molecular flexibility index (Phi) is 6.41. The van der Waals surface area contributed by atoms with Gasteiger partial charge in [-0.1, -0.05) is 18.9 Å². The predicted octanol–water partition coefficient (Wildman–Crippen LogP) is 3.29. The molecule has 0 bridgehead atoms. The molecule has 3 N–H and O–H groups in total. The molecule has 0 spiro atoms. The molecule has 2 aliphatic rings. The van der Waals surface area contributed by atoms with Crippen molar-refractivity contribution >= 4 is 22.6 Å². The lowest BCUT2D eigenvalue weighted by atomic mass is 10.1. The second-order valence-corrected chi connectivity index (χ2v) is 9.89. The monoisotopic (exact) mass is 462 g/mol. The summed E-state index contributed by atoms with van der Waals surface area (Å²) in [4.78, 5) is 35.7. The van der Waals surface area contributed by atoms with Crippen LogP contribution >= 0.6 is 0 Å². The largest absolute Gasteiger partial charge is 0.361 e. The number of aryl methyl sites for hydroxylation is 2. The molecule has 0 radical (unpaired) electrons. The van der Waals surface area contributed by atoms with E-state index in [-0.39, 0.29) is 18.0 Å². The van der Waals surface area contributed by atoms with Crippen LogP contribution in [0.1, 0.15) is 48.9 Å². The maximum Gasteiger partial charge on any atom is 0.294 e. The summed E-state index contributed by atoms with van der Waals surface area (Å²) >= 11 is 0. The average molecular weight is 463 g/mol. The summed E-state index contributed by atoms with van der Waals surface area (Å²) in [5, 5.41) is 7.34. The Hall–Kier alpha value is -3.13. The van der Waals surface area contributed by atoms with Crippen LogP contribution in [0.15, 0.2) is 35.4 Å². The van der Waals surface area contributed by atoms with E-state index < -0.39 is 0 Å². The zero-order chi connectivity index (χ0) is 23.7. The molecular weight excluding hydrogens is 428 g/mol. The number of rotatable bonds is 9. The van der Waals surface area contributed by atoms with E-state index in [0.717, 1.165) is 28.9 Å². The maximum absolute atomic E-state index is 13.1. The number of likely N-dealkylation sites (tertiary alicyclic amines) is 1. The van der Waals surface area contributed by atoms with Crippen LogP contribution in [0.2, 0.25) is 0 Å². The number of nitrogens with one attached hydrogen (secondary N) is 3. The van der Waals surface area contributed by atoms with Crippen molar-refractivity contribution in [2.45, 2.75) is 65.1 Å². The number of benzene rings is 1. The fourth-order valence-corrected chi connectivity index (χ4v) is 4.99. The highest BCUT2D eigenvalue weighted by atomic mass is 16.2. The zero-order valence-corrected chi connectivity index (χ0v) is 20.1. The number of carbonyl (C=O) groups excluding carboxylic acids is 1. The van der Waals surface area contributed by atoms with Crippen LogP contribution in [-0.4, -0.2) is 44.6 Å². The molecule has 2 fully saturated rings. The molecule has 180 valence electrons. The number of hydrogen-bond acceptors (Lipinski definition) is 5. The molecule has 1 aliphatic heterocycles. The van der Waals surface area contributed by atoms with Crippen molar-refractivity contribution in [1.82, 2.24) is 24.8 Å². The smallest absolute Gasteiger partial charge is 0.294 e. The zero-order valence-electron chi connectivity index (χ0n) is 20.1. The Morgan fingerprint density at radius 3 is 2.91 bits per heavy atom. The van der Waals surface area contributed by atoms with Gasteiger partial charge in [-0.15, -0.1) is 0 Å². The van der Waals surface area contributed by atoms with Gasteiger partial charge in [0.15, 0.2) is 5.82 Å². The Balaban J connectivity index is 1.19. The number of aromatic nitrogens is 3. The third-order valence-electron chi connectivity index (χ3n) is 7.25. The number of nitrogens with zero attached hydrogens (tertiary/aromatic N) is 3. The minimum Gasteiger partial charge on any atom is -0.361 e. The van der Waals surface area contributed by atoms with Crippen LogP contribution < -0.4 is 16.2 Å². The average Bonchev–Trinajstić information content (AvgIpc) is 3.42. The van der Waals surface area contributed by atoms with Gasteiger partial charge in [-0.2, -0.15) is 0 Å². The summed E-state index contributed by atoms with van der Waals surface area (Å²) in [6, 6.07) is 6.71. The van der Waals surface area contributed by atoms with Crippen molar-refractivity contribution in [3.05, 3.63) is 57.8 Å². The van der Waals surface area contributed by atoms with Gasteiger partial charge in [0.05, 0.1) is 6.67 Å². The van der Waals surface area contributed by atoms with Crippen LogP contribution in [-0.2, 0) is 17.9 Å². The van der Waals surface area contributed by atoms with Gasteiger partial charge in [0.1, 0.15) is 6.54 Å². The molecular formula is C26H34N6O2. The molecule has 3 aromatic rings. The van der Waals surface area contributed by atoms with Gasteiger partial charge < -0.3 is 15.6 Å². The molecule has 3 heterocycles. The molecule has 2 aromatic heterocycles. The van der Waals surface area contributed by atoms with E-state index in [2.05, 4.69) is 38.5 Å². The normalized spacial score (nSPS) is 18.5. The lowest BCUT2D eigenvalue weighted by Gasteiger charge is -2.25. The van der Waals surface area contributed by atoms with Gasteiger partial charge in [-0.25, -0.2) is 4.98 Å². The van der Waals surface area contributed by atoms with Crippen LogP contribution in [0.3, 0.4) is 0 Å². The topological polar surface area (TPSA) is 95.0 Å². The summed E-state index contributed by atoms with van der Waals surface area (Å²) in [6.07, 6.45) is 10.1. The highest BCUT2D eigenvalue weighted by molar-refractivity contribution is 5.83. The van der Waals surface area contributed by atoms with Crippen LogP contribution in [0.4, 0.5) is 5.82 Å². The first-order valence-electron chi connectivity index (χ1n) is 12.4. The molecule has 34 heavy (non-hydrogen) atoms. The second kappa shape index (κ2) is 9.62. The third-order valence-corrected chi connectivity index (χ3v) is 7.25. The van der Waals surface area contributed by atoms with Crippen molar-refractivity contribution in [1.29, 1.82) is 0 Å². The van der Waals surface area contributed by atoms with Crippen molar-refractivity contribution in [2.24, 2.45) is 5.92 Å². The number of hydrogen-bond donors (Lipinski definition) is 3. The molecule has 8 heteroatoms. The third kappa shape index (κ3) is 5.01. The Morgan fingerprint density at radius 2 is 2.09 bits per heavy atom. The van der Waals surface area contributed by atoms with Gasteiger partial charge >= 0.3 is 0 Å². The number of anilines is 1. The maximum atomic E-state index is 13.1. The van der Waals surface area contributed by atoms with E-state index >= 15 is 0 Å². The van der Waals surface area contributed by atoms with Gasteiger partial charge in [0, 0.05) is 48.1 Å². The molecule has 1 aliphatic carbocycles. The SMILES string of the molecule is Cc1c[nH]c2ccc(CNC(=O)Cn3c(C)cnc(NCN4CCC[C@@H]4CC4CC4)c3=O)cc12. The molecule has 1 aromatic carbocycles. The van der Waals surface area contributed by atoms with Crippen molar-refractivity contribution in [2.75, 3.05) is 18.5 Å². The van der Waals surface area contributed by atoms with E-state index in [4.69, 9.17) is 0 Å². The van der Waals surface area contributed by atoms with E-state index in [1.54, 1.807) is 13.1 Å². The first-order chi connectivity index (χ1) is 16.5. The predicted molar refractivity (Wildman–Crippen MR) is 134 cm³/mol. The summed E-state index contributed by atoms with van der Waals surface area (Å²) in [5.41, 5.74) is 3.70. The fraction of sp³-hybridized carbons (Fsp3) is 0.500. The molecule has 5 rings (SSSR count). The van der Waals surface area contributed by atoms with E-state index in [9.17, 15) is 9.59 Å². The lowest BCUT2D eigenvalue weighted by molar-refractivity contribution is -0.121. The second-order valence-electron chi connectivity index (χ2n) is 9.89. The summed E-state index contributed by atoms with van der Waals surface area (Å²) in [7, 11) is 0. The van der Waals surface area contributed by atoms with Crippen molar-refractivity contribution in [3.63, 3.8) is 0 Å².